The van der Waals surface area contributed by atoms with Gasteiger partial charge in [0, 0.05) is 23.1 Å². The van der Waals surface area contributed by atoms with Crippen LogP contribution in [0.15, 0.2) is 10.8 Å². The molecule has 0 fully saturated rings. The Labute approximate surface area is 77.1 Å². The Morgan fingerprint density at radius 1 is 1.55 bits per heavy atom. The number of thiol groups is 1. The predicted molar refractivity (Wildman–Crippen MR) is 54.4 cm³/mol. The highest BCUT2D eigenvalue weighted by Crippen LogP contribution is 2.11. The van der Waals surface area contributed by atoms with Gasteiger partial charge in [0.15, 0.2) is 0 Å². The summed E-state index contributed by atoms with van der Waals surface area (Å²) >= 11 is 5.78. The first-order chi connectivity index (χ1) is 5.34. The van der Waals surface area contributed by atoms with Crippen LogP contribution in [0.2, 0.25) is 0 Å². The number of aryl methyl sites for hydroxylation is 1. The standard InChI is InChI=1S/C9H10S2/c1-8-6-11-7-9(8)4-2-3-5-10/h6-7,10H,3,5H2,1H3. The molecule has 1 rings (SSSR count). The second-order valence-electron chi connectivity index (χ2n) is 2.24. The van der Waals surface area contributed by atoms with Gasteiger partial charge < -0.3 is 0 Å². The topological polar surface area (TPSA) is 0 Å². The number of thiophene rings is 1. The zero-order valence-electron chi connectivity index (χ0n) is 6.42. The fourth-order valence-corrected chi connectivity index (χ4v) is 1.59. The molecular formula is C9H10S2. The van der Waals surface area contributed by atoms with E-state index in [9.17, 15) is 0 Å². The van der Waals surface area contributed by atoms with Crippen LogP contribution in [-0.4, -0.2) is 5.75 Å². The van der Waals surface area contributed by atoms with Gasteiger partial charge in [-0.25, -0.2) is 0 Å². The molecular weight excluding hydrogens is 172 g/mol. The second-order valence-corrected chi connectivity index (χ2v) is 3.43. The summed E-state index contributed by atoms with van der Waals surface area (Å²) in [7, 11) is 0. The van der Waals surface area contributed by atoms with Crippen LogP contribution in [0.4, 0.5) is 0 Å². The van der Waals surface area contributed by atoms with Gasteiger partial charge >= 0.3 is 0 Å². The minimum atomic E-state index is 0.843. The fraction of sp³-hybridized carbons (Fsp3) is 0.333. The largest absolute Gasteiger partial charge is 0.178 e. The van der Waals surface area contributed by atoms with Crippen LogP contribution in [-0.2, 0) is 0 Å². The number of rotatable bonds is 1. The first-order valence-corrected chi connectivity index (χ1v) is 5.04. The molecule has 0 saturated carbocycles. The second kappa shape index (κ2) is 4.48. The van der Waals surface area contributed by atoms with Crippen LogP contribution in [0.1, 0.15) is 17.5 Å². The zero-order chi connectivity index (χ0) is 8.10. The molecule has 0 spiro atoms. The van der Waals surface area contributed by atoms with Gasteiger partial charge in [0.2, 0.25) is 0 Å². The summed E-state index contributed by atoms with van der Waals surface area (Å²) in [4.78, 5) is 0. The van der Waals surface area contributed by atoms with E-state index >= 15 is 0 Å². The van der Waals surface area contributed by atoms with Gasteiger partial charge in [-0.2, -0.15) is 24.0 Å². The van der Waals surface area contributed by atoms with Gasteiger partial charge in [-0.05, 0) is 17.9 Å². The van der Waals surface area contributed by atoms with Gasteiger partial charge in [0.25, 0.3) is 0 Å². The highest BCUT2D eigenvalue weighted by molar-refractivity contribution is 7.80. The summed E-state index contributed by atoms with van der Waals surface area (Å²) in [5.74, 6) is 7.01. The predicted octanol–water partition coefficient (Wildman–Crippen LogP) is 2.73. The molecule has 0 saturated heterocycles. The molecule has 1 heterocycles. The summed E-state index contributed by atoms with van der Waals surface area (Å²) in [5, 5.41) is 4.20. The average Bonchev–Trinajstić information content (AvgIpc) is 2.37. The van der Waals surface area contributed by atoms with Crippen LogP contribution in [0.25, 0.3) is 0 Å². The van der Waals surface area contributed by atoms with Gasteiger partial charge in [-0.3, -0.25) is 0 Å². The third kappa shape index (κ3) is 2.61. The van der Waals surface area contributed by atoms with E-state index < -0.39 is 0 Å². The van der Waals surface area contributed by atoms with Crippen molar-refractivity contribution in [3.8, 4) is 11.8 Å². The first-order valence-electron chi connectivity index (χ1n) is 3.47. The third-order valence-corrected chi connectivity index (χ3v) is 2.40. The molecule has 1 aromatic rings. The Hall–Kier alpha value is -0.390. The minimum absolute atomic E-state index is 0.843. The minimum Gasteiger partial charge on any atom is -0.178 e. The molecule has 1 aromatic heterocycles. The Bertz CT molecular complexity index is 275. The van der Waals surface area contributed by atoms with Crippen LogP contribution >= 0.6 is 24.0 Å². The molecule has 11 heavy (non-hydrogen) atoms. The number of hydrogen-bond acceptors (Lipinski definition) is 2. The summed E-state index contributed by atoms with van der Waals surface area (Å²) in [6, 6.07) is 0. The smallest absolute Gasteiger partial charge is 0.0381 e. The average molecular weight is 182 g/mol. The molecule has 0 unspecified atom stereocenters. The maximum absolute atomic E-state index is 4.08. The maximum Gasteiger partial charge on any atom is 0.0381 e. The van der Waals surface area contributed by atoms with Gasteiger partial charge in [0.1, 0.15) is 0 Å². The molecule has 0 radical (unpaired) electrons. The zero-order valence-corrected chi connectivity index (χ0v) is 8.14. The third-order valence-electron chi connectivity index (χ3n) is 1.32. The summed E-state index contributed by atoms with van der Waals surface area (Å²) in [6.45, 7) is 2.08. The van der Waals surface area contributed by atoms with Gasteiger partial charge in [-0.1, -0.05) is 11.8 Å². The molecule has 0 amide bonds. The van der Waals surface area contributed by atoms with E-state index in [1.807, 2.05) is 0 Å². The van der Waals surface area contributed by atoms with Gasteiger partial charge in [0.05, 0.1) is 0 Å². The summed E-state index contributed by atoms with van der Waals surface area (Å²) in [5.41, 5.74) is 2.44. The summed E-state index contributed by atoms with van der Waals surface area (Å²) < 4.78 is 0. The molecule has 0 nitrogen and oxygen atoms in total. The molecule has 0 atom stereocenters. The van der Waals surface area contributed by atoms with Crippen molar-refractivity contribution in [1.29, 1.82) is 0 Å². The van der Waals surface area contributed by atoms with Crippen LogP contribution < -0.4 is 0 Å². The van der Waals surface area contributed by atoms with E-state index in [-0.39, 0.29) is 0 Å². The molecule has 0 aliphatic heterocycles. The fourth-order valence-electron chi connectivity index (χ4n) is 0.702. The quantitative estimate of drug-likeness (QED) is 0.501. The van der Waals surface area contributed by atoms with Crippen molar-refractivity contribution >= 4 is 24.0 Å². The summed E-state index contributed by atoms with van der Waals surface area (Å²) in [6.07, 6.45) is 0.873. The van der Waals surface area contributed by atoms with E-state index in [0.717, 1.165) is 17.7 Å². The lowest BCUT2D eigenvalue weighted by Crippen LogP contribution is -1.72. The van der Waals surface area contributed by atoms with Crippen molar-refractivity contribution in [2.75, 3.05) is 5.75 Å². The highest BCUT2D eigenvalue weighted by atomic mass is 32.1. The lowest BCUT2D eigenvalue weighted by molar-refractivity contribution is 1.31. The van der Waals surface area contributed by atoms with Crippen LogP contribution in [0, 0.1) is 18.8 Å². The molecule has 0 N–H and O–H groups in total. The van der Waals surface area contributed by atoms with Gasteiger partial charge in [-0.15, -0.1) is 0 Å². The molecule has 58 valence electrons. The molecule has 0 aromatic carbocycles. The Morgan fingerprint density at radius 3 is 2.91 bits per heavy atom. The lowest BCUT2D eigenvalue weighted by atomic mass is 10.2. The SMILES string of the molecule is Cc1cscc1C#CCCS. The first kappa shape index (κ1) is 8.70. The maximum atomic E-state index is 4.08. The Kier molecular flexibility index (Phi) is 3.55. The highest BCUT2D eigenvalue weighted by Gasteiger charge is 1.91. The van der Waals surface area contributed by atoms with E-state index in [1.165, 1.54) is 5.56 Å². The van der Waals surface area contributed by atoms with E-state index in [0.29, 0.717) is 0 Å². The van der Waals surface area contributed by atoms with Crippen molar-refractivity contribution in [3.05, 3.63) is 21.9 Å². The van der Waals surface area contributed by atoms with Crippen molar-refractivity contribution in [2.45, 2.75) is 13.3 Å². The van der Waals surface area contributed by atoms with E-state index in [1.54, 1.807) is 11.3 Å². The van der Waals surface area contributed by atoms with Crippen molar-refractivity contribution in [3.63, 3.8) is 0 Å². The van der Waals surface area contributed by atoms with E-state index in [4.69, 9.17) is 0 Å². The normalized spacial score (nSPS) is 8.91. The molecule has 0 aliphatic rings. The molecule has 0 bridgehead atoms. The van der Waals surface area contributed by atoms with Crippen molar-refractivity contribution < 1.29 is 0 Å². The monoisotopic (exact) mass is 182 g/mol. The van der Waals surface area contributed by atoms with Crippen LogP contribution in [0.5, 0.6) is 0 Å². The molecule has 0 aliphatic carbocycles. The lowest BCUT2D eigenvalue weighted by Gasteiger charge is -1.83. The number of hydrogen-bond donors (Lipinski definition) is 1. The Morgan fingerprint density at radius 2 is 2.36 bits per heavy atom. The van der Waals surface area contributed by atoms with Crippen molar-refractivity contribution in [2.24, 2.45) is 0 Å². The molecule has 2 heteroatoms. The van der Waals surface area contributed by atoms with Crippen LogP contribution in [0.3, 0.4) is 0 Å². The van der Waals surface area contributed by atoms with E-state index in [2.05, 4.69) is 42.2 Å². The van der Waals surface area contributed by atoms with Crippen molar-refractivity contribution in [1.82, 2.24) is 0 Å². The Balaban J connectivity index is 2.65.